The molecule has 35 heavy (non-hydrogen) atoms. The Morgan fingerprint density at radius 3 is 2.69 bits per heavy atom. The van der Waals surface area contributed by atoms with Gasteiger partial charge in [0, 0.05) is 35.7 Å². The highest BCUT2D eigenvalue weighted by atomic mass is 32.1. The van der Waals surface area contributed by atoms with Crippen molar-refractivity contribution in [3.63, 3.8) is 0 Å². The van der Waals surface area contributed by atoms with Crippen molar-refractivity contribution in [1.29, 1.82) is 0 Å². The summed E-state index contributed by atoms with van der Waals surface area (Å²) in [6, 6.07) is 8.08. The Labute approximate surface area is 211 Å². The van der Waals surface area contributed by atoms with E-state index in [1.54, 1.807) is 7.11 Å². The molecule has 0 radical (unpaired) electrons. The molecule has 3 aromatic rings. The van der Waals surface area contributed by atoms with Crippen molar-refractivity contribution in [3.05, 3.63) is 45.8 Å². The lowest BCUT2D eigenvalue weighted by Gasteiger charge is -2.35. The zero-order valence-corrected chi connectivity index (χ0v) is 21.8. The van der Waals surface area contributed by atoms with Crippen molar-refractivity contribution in [2.24, 2.45) is 5.92 Å². The number of nitrogens with zero attached hydrogens (tertiary/aromatic N) is 2. The van der Waals surface area contributed by atoms with Gasteiger partial charge < -0.3 is 19.6 Å². The maximum Gasteiger partial charge on any atom is 0.260 e. The van der Waals surface area contributed by atoms with Gasteiger partial charge in [0.2, 0.25) is 0 Å². The monoisotopic (exact) mass is 499 g/mol. The number of benzene rings is 1. The number of fused-ring (bicyclic) bond motifs is 1. The van der Waals surface area contributed by atoms with Crippen LogP contribution in [0.15, 0.2) is 34.4 Å². The van der Waals surface area contributed by atoms with E-state index in [0.29, 0.717) is 54.3 Å². The van der Waals surface area contributed by atoms with E-state index in [1.165, 1.54) is 30.6 Å². The number of ether oxygens (including phenoxy) is 2. The highest BCUT2D eigenvalue weighted by Gasteiger charge is 2.25. The average Bonchev–Trinajstić information content (AvgIpc) is 3.28. The van der Waals surface area contributed by atoms with Crippen LogP contribution in [0.25, 0.3) is 21.3 Å². The molecule has 7 nitrogen and oxygen atoms in total. The number of aliphatic hydroxyl groups is 1. The molecule has 0 bridgehead atoms. The van der Waals surface area contributed by atoms with E-state index in [0.717, 1.165) is 29.7 Å². The fourth-order valence-electron chi connectivity index (χ4n) is 4.88. The van der Waals surface area contributed by atoms with Crippen molar-refractivity contribution in [3.8, 4) is 16.9 Å². The summed E-state index contributed by atoms with van der Waals surface area (Å²) in [6.45, 7) is 6.16. The van der Waals surface area contributed by atoms with Crippen LogP contribution in [0.2, 0.25) is 0 Å². The van der Waals surface area contributed by atoms with Crippen LogP contribution in [0.1, 0.15) is 51.8 Å². The first-order valence-electron chi connectivity index (χ1n) is 12.6. The van der Waals surface area contributed by atoms with Crippen molar-refractivity contribution in [2.75, 3.05) is 26.9 Å². The molecular weight excluding hydrogens is 462 g/mol. The van der Waals surface area contributed by atoms with Crippen molar-refractivity contribution in [1.82, 2.24) is 14.9 Å². The van der Waals surface area contributed by atoms with Gasteiger partial charge in [0.25, 0.3) is 5.56 Å². The fourth-order valence-corrected chi connectivity index (χ4v) is 5.84. The second kappa shape index (κ2) is 12.1. The number of hydrogen-bond donors (Lipinski definition) is 2. The van der Waals surface area contributed by atoms with E-state index in [9.17, 15) is 9.90 Å². The van der Waals surface area contributed by atoms with Crippen LogP contribution in [0.5, 0.6) is 5.75 Å². The number of aliphatic hydroxyl groups excluding tert-OH is 1. The van der Waals surface area contributed by atoms with Gasteiger partial charge in [-0.25, -0.2) is 4.98 Å². The van der Waals surface area contributed by atoms with Gasteiger partial charge in [-0.3, -0.25) is 9.69 Å². The smallest absolute Gasteiger partial charge is 0.260 e. The Kier molecular flexibility index (Phi) is 8.94. The zero-order valence-electron chi connectivity index (χ0n) is 21.0. The van der Waals surface area contributed by atoms with E-state index < -0.39 is 6.10 Å². The Balaban J connectivity index is 1.57. The molecule has 2 N–H and O–H groups in total. The van der Waals surface area contributed by atoms with Gasteiger partial charge in [-0.15, -0.1) is 11.3 Å². The lowest BCUT2D eigenvalue weighted by atomic mass is 9.94. The molecule has 2 aromatic heterocycles. The summed E-state index contributed by atoms with van der Waals surface area (Å²) >= 11 is 1.47. The number of thiophene rings is 1. The second-order valence-electron chi connectivity index (χ2n) is 9.85. The summed E-state index contributed by atoms with van der Waals surface area (Å²) in [5.41, 5.74) is 1.58. The maximum atomic E-state index is 13.2. The SMILES string of the molecule is COc1ccccc1-c1csc2nc(CN(CC(O)COCC(C)C)C3CCCCC3)[nH]c(=O)c12. The third-order valence-electron chi connectivity index (χ3n) is 6.54. The summed E-state index contributed by atoms with van der Waals surface area (Å²) < 4.78 is 11.2. The molecule has 0 amide bonds. The van der Waals surface area contributed by atoms with E-state index >= 15 is 0 Å². The Bertz CT molecular complexity index is 1150. The summed E-state index contributed by atoms with van der Waals surface area (Å²) in [4.78, 5) is 24.1. The molecule has 1 aliphatic rings. The van der Waals surface area contributed by atoms with Crippen LogP contribution in [-0.2, 0) is 11.3 Å². The molecule has 190 valence electrons. The molecule has 0 aliphatic heterocycles. The van der Waals surface area contributed by atoms with Crippen LogP contribution in [-0.4, -0.2) is 59.0 Å². The van der Waals surface area contributed by atoms with Gasteiger partial charge >= 0.3 is 0 Å². The summed E-state index contributed by atoms with van der Waals surface area (Å²) in [7, 11) is 1.64. The van der Waals surface area contributed by atoms with Gasteiger partial charge in [0.05, 0.1) is 31.8 Å². The lowest BCUT2D eigenvalue weighted by molar-refractivity contribution is -0.00502. The highest BCUT2D eigenvalue weighted by Crippen LogP contribution is 2.36. The van der Waals surface area contributed by atoms with Crippen molar-refractivity contribution >= 4 is 21.6 Å². The minimum atomic E-state index is -0.579. The largest absolute Gasteiger partial charge is 0.496 e. The second-order valence-corrected chi connectivity index (χ2v) is 10.7. The van der Waals surface area contributed by atoms with Gasteiger partial charge in [-0.2, -0.15) is 0 Å². The topological polar surface area (TPSA) is 87.7 Å². The number of nitrogens with one attached hydrogen (secondary N) is 1. The predicted octanol–water partition coefficient (Wildman–Crippen LogP) is 4.83. The first-order chi connectivity index (χ1) is 17.0. The van der Waals surface area contributed by atoms with Gasteiger partial charge in [0.1, 0.15) is 16.4 Å². The Morgan fingerprint density at radius 2 is 1.94 bits per heavy atom. The van der Waals surface area contributed by atoms with E-state index in [2.05, 4.69) is 23.7 Å². The minimum Gasteiger partial charge on any atom is -0.496 e. The molecule has 0 saturated heterocycles. The average molecular weight is 500 g/mol. The molecule has 1 atom stereocenters. The van der Waals surface area contributed by atoms with Gasteiger partial charge in [-0.05, 0) is 24.8 Å². The van der Waals surface area contributed by atoms with Crippen LogP contribution >= 0.6 is 11.3 Å². The van der Waals surface area contributed by atoms with E-state index in [1.807, 2.05) is 29.6 Å². The molecule has 0 spiro atoms. The third-order valence-corrected chi connectivity index (χ3v) is 7.41. The summed E-state index contributed by atoms with van der Waals surface area (Å²) in [5.74, 6) is 1.80. The lowest BCUT2D eigenvalue weighted by Crippen LogP contribution is -2.43. The summed E-state index contributed by atoms with van der Waals surface area (Å²) in [5, 5.41) is 13.2. The fraction of sp³-hybridized carbons (Fsp3) is 0.556. The number of methoxy groups -OCH3 is 1. The van der Waals surface area contributed by atoms with Crippen molar-refractivity contribution < 1.29 is 14.6 Å². The standard InChI is InChI=1S/C27H37N3O4S/c1-18(2)15-34-16-20(31)13-30(19-9-5-4-6-10-19)14-24-28-26(32)25-22(17-35-27(25)29-24)21-11-7-8-12-23(21)33-3/h7-8,11-12,17-20,31H,4-6,9-10,13-16H2,1-3H3,(H,28,29,32). The maximum absolute atomic E-state index is 13.2. The normalized spacial score (nSPS) is 15.8. The molecule has 1 saturated carbocycles. The molecule has 4 rings (SSSR count). The predicted molar refractivity (Wildman–Crippen MR) is 141 cm³/mol. The molecule has 1 aromatic carbocycles. The number of aromatic nitrogens is 2. The molecular formula is C27H37N3O4S. The van der Waals surface area contributed by atoms with Crippen molar-refractivity contribution in [2.45, 2.75) is 64.6 Å². The van der Waals surface area contributed by atoms with Crippen LogP contribution < -0.4 is 10.3 Å². The minimum absolute atomic E-state index is 0.142. The van der Waals surface area contributed by atoms with Crippen LogP contribution in [0.4, 0.5) is 0 Å². The molecule has 1 unspecified atom stereocenters. The van der Waals surface area contributed by atoms with Gasteiger partial charge in [-0.1, -0.05) is 51.3 Å². The number of hydrogen-bond acceptors (Lipinski definition) is 7. The van der Waals surface area contributed by atoms with Crippen LogP contribution in [0.3, 0.4) is 0 Å². The third kappa shape index (κ3) is 6.50. The number of para-hydroxylation sites is 1. The quantitative estimate of drug-likeness (QED) is 0.393. The first-order valence-corrected chi connectivity index (χ1v) is 13.5. The zero-order chi connectivity index (χ0) is 24.8. The number of aromatic amines is 1. The molecule has 1 fully saturated rings. The number of rotatable bonds is 11. The number of H-pyrrole nitrogens is 1. The highest BCUT2D eigenvalue weighted by molar-refractivity contribution is 7.17. The Morgan fingerprint density at radius 1 is 1.17 bits per heavy atom. The molecule has 8 heteroatoms. The molecule has 2 heterocycles. The van der Waals surface area contributed by atoms with Gasteiger partial charge in [0.15, 0.2) is 0 Å². The van der Waals surface area contributed by atoms with E-state index in [-0.39, 0.29) is 5.56 Å². The van der Waals surface area contributed by atoms with E-state index in [4.69, 9.17) is 14.5 Å². The molecule has 1 aliphatic carbocycles. The van der Waals surface area contributed by atoms with Crippen LogP contribution in [0, 0.1) is 5.92 Å². The Hall–Kier alpha value is -2.26. The first kappa shape index (κ1) is 25.8. The summed E-state index contributed by atoms with van der Waals surface area (Å²) in [6.07, 6.45) is 5.26.